The van der Waals surface area contributed by atoms with Gasteiger partial charge in [0.2, 0.25) is 0 Å². The van der Waals surface area contributed by atoms with Crippen LogP contribution in [-0.2, 0) is 0 Å². The normalized spacial score (nSPS) is 12.6. The molecule has 0 bridgehead atoms. The SMILES string of the molecule is CCOc1ccc2ccccc2c1[C@H](N)CCCCN. The molecule has 2 aromatic rings. The first-order valence-electron chi connectivity index (χ1n) is 7.38. The van der Waals surface area contributed by atoms with Crippen LogP contribution in [0.3, 0.4) is 0 Å². The average Bonchev–Trinajstić information content (AvgIpc) is 2.47. The zero-order valence-electron chi connectivity index (χ0n) is 12.1. The van der Waals surface area contributed by atoms with E-state index in [0.29, 0.717) is 6.61 Å². The van der Waals surface area contributed by atoms with Crippen molar-refractivity contribution in [3.8, 4) is 5.75 Å². The number of fused-ring (bicyclic) bond motifs is 1. The van der Waals surface area contributed by atoms with Crippen LogP contribution in [0.4, 0.5) is 0 Å². The standard InChI is InChI=1S/C17H24N2O/c1-2-20-16-11-10-13-7-3-4-8-14(13)17(16)15(19)9-5-6-12-18/h3-4,7-8,10-11,15H,2,5-6,9,12,18-19H2,1H3/t15-/m1/s1. The van der Waals surface area contributed by atoms with Crippen molar-refractivity contribution >= 4 is 10.8 Å². The van der Waals surface area contributed by atoms with E-state index in [1.807, 2.05) is 25.1 Å². The molecule has 2 rings (SSSR count). The minimum Gasteiger partial charge on any atom is -0.494 e. The van der Waals surface area contributed by atoms with E-state index in [1.54, 1.807) is 0 Å². The van der Waals surface area contributed by atoms with Gasteiger partial charge in [-0.15, -0.1) is 0 Å². The van der Waals surface area contributed by atoms with Gasteiger partial charge in [-0.1, -0.05) is 36.8 Å². The van der Waals surface area contributed by atoms with E-state index in [1.165, 1.54) is 10.8 Å². The van der Waals surface area contributed by atoms with Gasteiger partial charge in [-0.3, -0.25) is 0 Å². The molecule has 0 aliphatic rings. The summed E-state index contributed by atoms with van der Waals surface area (Å²) in [5, 5.41) is 2.40. The molecule has 0 amide bonds. The largest absolute Gasteiger partial charge is 0.494 e. The molecule has 3 heteroatoms. The maximum atomic E-state index is 6.41. The van der Waals surface area contributed by atoms with Gasteiger partial charge in [-0.2, -0.15) is 0 Å². The fraction of sp³-hybridized carbons (Fsp3) is 0.412. The molecular weight excluding hydrogens is 248 g/mol. The third-order valence-corrected chi connectivity index (χ3v) is 3.57. The molecule has 4 N–H and O–H groups in total. The van der Waals surface area contributed by atoms with E-state index in [9.17, 15) is 0 Å². The predicted octanol–water partition coefficient (Wildman–Crippen LogP) is 3.37. The van der Waals surface area contributed by atoms with Gasteiger partial charge < -0.3 is 16.2 Å². The van der Waals surface area contributed by atoms with Gasteiger partial charge in [-0.05, 0) is 43.1 Å². The van der Waals surface area contributed by atoms with Gasteiger partial charge in [0.15, 0.2) is 0 Å². The van der Waals surface area contributed by atoms with Crippen molar-refractivity contribution in [2.24, 2.45) is 11.5 Å². The monoisotopic (exact) mass is 272 g/mol. The van der Waals surface area contributed by atoms with E-state index in [4.69, 9.17) is 16.2 Å². The Morgan fingerprint density at radius 2 is 1.90 bits per heavy atom. The quantitative estimate of drug-likeness (QED) is 0.760. The number of ether oxygens (including phenoxy) is 1. The van der Waals surface area contributed by atoms with E-state index < -0.39 is 0 Å². The number of nitrogens with two attached hydrogens (primary N) is 2. The fourth-order valence-electron chi connectivity index (χ4n) is 2.59. The molecule has 0 saturated heterocycles. The predicted molar refractivity (Wildman–Crippen MR) is 85.0 cm³/mol. The molecule has 0 aromatic heterocycles. The van der Waals surface area contributed by atoms with E-state index >= 15 is 0 Å². The number of unbranched alkanes of at least 4 members (excludes halogenated alkanes) is 1. The Labute approximate surface area is 120 Å². The lowest BCUT2D eigenvalue weighted by Crippen LogP contribution is -2.13. The highest BCUT2D eigenvalue weighted by atomic mass is 16.5. The third-order valence-electron chi connectivity index (χ3n) is 3.57. The first-order valence-corrected chi connectivity index (χ1v) is 7.38. The topological polar surface area (TPSA) is 61.3 Å². The van der Waals surface area contributed by atoms with Crippen LogP contribution in [0.15, 0.2) is 36.4 Å². The van der Waals surface area contributed by atoms with Crippen LogP contribution >= 0.6 is 0 Å². The molecule has 0 saturated carbocycles. The molecule has 0 spiro atoms. The second kappa shape index (κ2) is 7.27. The molecule has 0 unspecified atom stereocenters. The van der Waals surface area contributed by atoms with Gasteiger partial charge in [0.1, 0.15) is 5.75 Å². The third kappa shape index (κ3) is 3.30. The molecule has 20 heavy (non-hydrogen) atoms. The van der Waals surface area contributed by atoms with Crippen LogP contribution in [0.2, 0.25) is 0 Å². The van der Waals surface area contributed by atoms with Crippen LogP contribution < -0.4 is 16.2 Å². The van der Waals surface area contributed by atoms with Gasteiger partial charge in [0, 0.05) is 11.6 Å². The lowest BCUT2D eigenvalue weighted by atomic mass is 9.95. The summed E-state index contributed by atoms with van der Waals surface area (Å²) in [5.74, 6) is 0.909. The van der Waals surface area contributed by atoms with Crippen LogP contribution in [0.1, 0.15) is 37.8 Å². The Morgan fingerprint density at radius 3 is 2.65 bits per heavy atom. The first kappa shape index (κ1) is 14.8. The Hall–Kier alpha value is -1.58. The Bertz CT molecular complexity index is 554. The molecule has 3 nitrogen and oxygen atoms in total. The highest BCUT2D eigenvalue weighted by Gasteiger charge is 2.15. The summed E-state index contributed by atoms with van der Waals surface area (Å²) in [6.45, 7) is 3.38. The molecular formula is C17H24N2O. The summed E-state index contributed by atoms with van der Waals surface area (Å²) < 4.78 is 5.77. The van der Waals surface area contributed by atoms with Crippen molar-refractivity contribution in [3.63, 3.8) is 0 Å². The minimum atomic E-state index is -0.00537. The van der Waals surface area contributed by atoms with Crippen molar-refractivity contribution in [1.82, 2.24) is 0 Å². The molecule has 2 aromatic carbocycles. The molecule has 1 atom stereocenters. The summed E-state index contributed by atoms with van der Waals surface area (Å²) in [6, 6.07) is 12.5. The smallest absolute Gasteiger partial charge is 0.124 e. The summed E-state index contributed by atoms with van der Waals surface area (Å²) in [7, 11) is 0. The van der Waals surface area contributed by atoms with Gasteiger partial charge in [-0.25, -0.2) is 0 Å². The van der Waals surface area contributed by atoms with Crippen molar-refractivity contribution in [2.75, 3.05) is 13.2 Å². The number of hydrogen-bond acceptors (Lipinski definition) is 3. The second-order valence-electron chi connectivity index (χ2n) is 5.02. The first-order chi connectivity index (χ1) is 9.77. The molecule has 0 radical (unpaired) electrons. The molecule has 0 fully saturated rings. The number of benzene rings is 2. The van der Waals surface area contributed by atoms with Crippen LogP contribution in [0.5, 0.6) is 5.75 Å². The zero-order valence-corrected chi connectivity index (χ0v) is 12.1. The maximum absolute atomic E-state index is 6.41. The van der Waals surface area contributed by atoms with E-state index in [0.717, 1.165) is 37.1 Å². The molecule has 0 aliphatic heterocycles. The van der Waals surface area contributed by atoms with Crippen LogP contribution in [0, 0.1) is 0 Å². The van der Waals surface area contributed by atoms with Crippen molar-refractivity contribution in [2.45, 2.75) is 32.2 Å². The Morgan fingerprint density at radius 1 is 1.10 bits per heavy atom. The summed E-state index contributed by atoms with van der Waals surface area (Å²) in [5.41, 5.74) is 13.1. The van der Waals surface area contributed by atoms with E-state index in [2.05, 4.69) is 18.2 Å². The Kier molecular flexibility index (Phi) is 5.39. The number of rotatable bonds is 7. The van der Waals surface area contributed by atoms with Crippen LogP contribution in [0.25, 0.3) is 10.8 Å². The molecule has 0 heterocycles. The summed E-state index contributed by atoms with van der Waals surface area (Å²) in [4.78, 5) is 0. The fourth-order valence-corrected chi connectivity index (χ4v) is 2.59. The zero-order chi connectivity index (χ0) is 14.4. The van der Waals surface area contributed by atoms with Crippen molar-refractivity contribution in [1.29, 1.82) is 0 Å². The summed E-state index contributed by atoms with van der Waals surface area (Å²) >= 11 is 0. The number of hydrogen-bond donors (Lipinski definition) is 2. The lowest BCUT2D eigenvalue weighted by Gasteiger charge is -2.19. The van der Waals surface area contributed by atoms with Crippen LogP contribution in [-0.4, -0.2) is 13.2 Å². The maximum Gasteiger partial charge on any atom is 0.124 e. The van der Waals surface area contributed by atoms with Crippen molar-refractivity contribution in [3.05, 3.63) is 42.0 Å². The van der Waals surface area contributed by atoms with Gasteiger partial charge >= 0.3 is 0 Å². The Balaban J connectivity index is 2.38. The minimum absolute atomic E-state index is 0.00537. The molecule has 108 valence electrons. The summed E-state index contributed by atoms with van der Waals surface area (Å²) in [6.07, 6.45) is 3.00. The molecule has 0 aliphatic carbocycles. The van der Waals surface area contributed by atoms with Gasteiger partial charge in [0.25, 0.3) is 0 Å². The van der Waals surface area contributed by atoms with E-state index in [-0.39, 0.29) is 6.04 Å². The average molecular weight is 272 g/mol. The van der Waals surface area contributed by atoms with Gasteiger partial charge in [0.05, 0.1) is 6.61 Å². The highest BCUT2D eigenvalue weighted by molar-refractivity contribution is 5.88. The highest BCUT2D eigenvalue weighted by Crippen LogP contribution is 2.34. The lowest BCUT2D eigenvalue weighted by molar-refractivity contribution is 0.334. The van der Waals surface area contributed by atoms with Crippen molar-refractivity contribution < 1.29 is 4.74 Å². The second-order valence-corrected chi connectivity index (χ2v) is 5.02.